The molecule has 1 aliphatic carbocycles. The van der Waals surface area contributed by atoms with Crippen molar-refractivity contribution in [2.75, 3.05) is 18.8 Å². The van der Waals surface area contributed by atoms with E-state index >= 15 is 0 Å². The van der Waals surface area contributed by atoms with E-state index in [4.69, 9.17) is 9.57 Å². The maximum atomic E-state index is 12.7. The molecule has 0 bridgehead atoms. The van der Waals surface area contributed by atoms with Crippen molar-refractivity contribution in [2.45, 2.75) is 94.6 Å². The molecular weight excluding hydrogens is 554 g/mol. The van der Waals surface area contributed by atoms with Gasteiger partial charge in [-0.25, -0.2) is 14.4 Å². The van der Waals surface area contributed by atoms with Crippen LogP contribution in [-0.2, 0) is 28.8 Å². The number of hydrogen-bond donors (Lipinski definition) is 4. The predicted molar refractivity (Wildman–Crippen MR) is 148 cm³/mol. The average Bonchev–Trinajstić information content (AvgIpc) is 3.57. The molecule has 0 spiro atoms. The van der Waals surface area contributed by atoms with Crippen molar-refractivity contribution in [3.8, 4) is 0 Å². The van der Waals surface area contributed by atoms with Gasteiger partial charge in [0.2, 0.25) is 5.91 Å². The molecule has 41 heavy (non-hydrogen) atoms. The van der Waals surface area contributed by atoms with Crippen LogP contribution in [0.5, 0.6) is 0 Å². The van der Waals surface area contributed by atoms with Gasteiger partial charge in [-0.1, -0.05) is 12.5 Å². The molecule has 4 rings (SSSR count). The number of nitrogens with zero attached hydrogens (tertiary/aromatic N) is 1. The lowest BCUT2D eigenvalue weighted by atomic mass is 9.80. The Kier molecular flexibility index (Phi) is 10.5. The highest BCUT2D eigenvalue weighted by molar-refractivity contribution is 8.00. The van der Waals surface area contributed by atoms with E-state index in [0.29, 0.717) is 42.4 Å². The van der Waals surface area contributed by atoms with Gasteiger partial charge in [-0.05, 0) is 51.5 Å². The highest BCUT2D eigenvalue weighted by Gasteiger charge is 2.43. The number of amides is 6. The van der Waals surface area contributed by atoms with E-state index in [1.165, 1.54) is 0 Å². The fourth-order valence-corrected chi connectivity index (χ4v) is 6.96. The lowest BCUT2D eigenvalue weighted by Gasteiger charge is -2.29. The molecule has 4 N–H and O–H groups in total. The first-order valence-electron chi connectivity index (χ1n) is 14.3. The summed E-state index contributed by atoms with van der Waals surface area (Å²) in [6, 6.07) is 0.288. The van der Waals surface area contributed by atoms with Crippen LogP contribution in [-0.4, -0.2) is 83.2 Å². The van der Waals surface area contributed by atoms with Gasteiger partial charge in [0.1, 0.15) is 6.10 Å². The van der Waals surface area contributed by atoms with Gasteiger partial charge in [0.15, 0.2) is 0 Å². The number of carbonyl (C=O) groups is 6. The van der Waals surface area contributed by atoms with E-state index < -0.39 is 35.4 Å². The summed E-state index contributed by atoms with van der Waals surface area (Å²) in [5.41, 5.74) is -0.908. The molecule has 5 unspecified atom stereocenters. The van der Waals surface area contributed by atoms with Crippen molar-refractivity contribution in [1.29, 1.82) is 0 Å². The molecule has 0 saturated carbocycles. The van der Waals surface area contributed by atoms with Gasteiger partial charge in [0, 0.05) is 43.4 Å². The Morgan fingerprint density at radius 3 is 2.63 bits per heavy atom. The number of imide groups is 1. The molecule has 3 heterocycles. The van der Waals surface area contributed by atoms with E-state index in [-0.39, 0.29) is 50.0 Å². The first kappa shape index (κ1) is 30.7. The van der Waals surface area contributed by atoms with Crippen molar-refractivity contribution in [3.05, 3.63) is 12.2 Å². The van der Waals surface area contributed by atoms with Crippen LogP contribution in [0.2, 0.25) is 0 Å². The van der Waals surface area contributed by atoms with Crippen LogP contribution in [0.1, 0.15) is 71.1 Å². The summed E-state index contributed by atoms with van der Waals surface area (Å²) >= 11 is 1.86. The molecule has 3 aliphatic heterocycles. The van der Waals surface area contributed by atoms with Gasteiger partial charge in [-0.15, -0.1) is 5.06 Å². The predicted octanol–water partition coefficient (Wildman–Crippen LogP) is 1.67. The quantitative estimate of drug-likeness (QED) is 0.120. The standard InChI is InChI=1S/C27H39N5O8S/c1-27(24(36)40-32-21(34)10-11-22(32)35)12-4-6-17(7-5-13-27)39-26(38)29-15-14-28-20(33)9-3-2-8-19-23-18(16-41-19)30-25(37)31-23/h4,6,17-19,23H,2-3,5,7-16H2,1H3,(H,28,33)(H,29,38)(H2,30,31,37)/b6-4-. The topological polar surface area (TPSA) is 172 Å². The number of fused-ring (bicyclic) bond motifs is 1. The van der Waals surface area contributed by atoms with Crippen molar-refractivity contribution in [3.63, 3.8) is 0 Å². The minimum Gasteiger partial charge on any atom is -0.442 e. The van der Waals surface area contributed by atoms with Crippen LogP contribution in [0.4, 0.5) is 9.59 Å². The lowest BCUT2D eigenvalue weighted by Crippen LogP contribution is -2.39. The first-order valence-corrected chi connectivity index (χ1v) is 15.3. The van der Waals surface area contributed by atoms with Crippen LogP contribution < -0.4 is 21.3 Å². The molecule has 0 aromatic rings. The number of carbonyl (C=O) groups excluding carboxylic acids is 6. The van der Waals surface area contributed by atoms with Gasteiger partial charge >= 0.3 is 18.1 Å². The number of urea groups is 1. The zero-order valence-electron chi connectivity index (χ0n) is 23.3. The third-order valence-corrected chi connectivity index (χ3v) is 9.37. The van der Waals surface area contributed by atoms with E-state index in [1.807, 2.05) is 11.8 Å². The van der Waals surface area contributed by atoms with Crippen molar-refractivity contribution in [1.82, 2.24) is 26.3 Å². The maximum Gasteiger partial charge on any atom is 0.407 e. The van der Waals surface area contributed by atoms with Crippen LogP contribution in [0.15, 0.2) is 12.2 Å². The summed E-state index contributed by atoms with van der Waals surface area (Å²) in [7, 11) is 0. The van der Waals surface area contributed by atoms with E-state index in [9.17, 15) is 28.8 Å². The minimum absolute atomic E-state index is 0.0403. The second-order valence-electron chi connectivity index (χ2n) is 11.1. The Morgan fingerprint density at radius 1 is 1.10 bits per heavy atom. The zero-order chi connectivity index (χ0) is 29.4. The summed E-state index contributed by atoms with van der Waals surface area (Å²) in [5.74, 6) is -0.813. The number of alkyl carbamates (subject to hydrolysis) is 1. The van der Waals surface area contributed by atoms with Crippen LogP contribution in [0.3, 0.4) is 0 Å². The summed E-state index contributed by atoms with van der Waals surface area (Å²) in [4.78, 5) is 77.2. The Labute approximate surface area is 243 Å². The molecule has 5 atom stereocenters. The normalized spacial score (nSPS) is 30.0. The number of hydroxylamine groups is 2. The number of thioether (sulfide) groups is 1. The van der Waals surface area contributed by atoms with Crippen LogP contribution in [0.25, 0.3) is 0 Å². The van der Waals surface area contributed by atoms with Crippen molar-refractivity contribution in [2.24, 2.45) is 5.41 Å². The number of hydrogen-bond acceptors (Lipinski definition) is 9. The van der Waals surface area contributed by atoms with Crippen molar-refractivity contribution >= 4 is 47.6 Å². The zero-order valence-corrected chi connectivity index (χ0v) is 24.1. The number of ether oxygens (including phenoxy) is 1. The monoisotopic (exact) mass is 593 g/mol. The van der Waals surface area contributed by atoms with Gasteiger partial charge in [-0.2, -0.15) is 11.8 Å². The van der Waals surface area contributed by atoms with Crippen molar-refractivity contribution < 1.29 is 38.3 Å². The summed E-state index contributed by atoms with van der Waals surface area (Å²) in [6.45, 7) is 2.24. The SMILES string of the molecule is CC1(C(=O)ON2C(=O)CCC2=O)C/C=C\C(OC(=O)NCCNC(=O)CCCCC2SCC3NC(=O)NC32)CCC1. The highest BCUT2D eigenvalue weighted by Crippen LogP contribution is 2.34. The third-order valence-electron chi connectivity index (χ3n) is 7.86. The summed E-state index contributed by atoms with van der Waals surface area (Å²) in [5, 5.41) is 12.3. The van der Waals surface area contributed by atoms with Crippen LogP contribution >= 0.6 is 11.8 Å². The minimum atomic E-state index is -0.908. The lowest BCUT2D eigenvalue weighted by molar-refractivity contribution is -0.205. The number of unbranched alkanes of at least 4 members (excludes halogenated alkanes) is 1. The second-order valence-corrected chi connectivity index (χ2v) is 12.4. The van der Waals surface area contributed by atoms with E-state index in [1.54, 1.807) is 19.1 Å². The molecule has 0 radical (unpaired) electrons. The molecule has 0 aromatic carbocycles. The molecule has 13 nitrogen and oxygen atoms in total. The summed E-state index contributed by atoms with van der Waals surface area (Å²) < 4.78 is 5.47. The molecule has 3 fully saturated rings. The van der Waals surface area contributed by atoms with Gasteiger partial charge in [0.05, 0.1) is 17.5 Å². The smallest absolute Gasteiger partial charge is 0.407 e. The van der Waals surface area contributed by atoms with Gasteiger partial charge < -0.3 is 30.8 Å². The third kappa shape index (κ3) is 8.37. The number of nitrogens with one attached hydrogen (secondary N) is 4. The molecule has 6 amide bonds. The summed E-state index contributed by atoms with van der Waals surface area (Å²) in [6.07, 6.45) is 7.33. The highest BCUT2D eigenvalue weighted by atomic mass is 32.2. The fourth-order valence-electron chi connectivity index (χ4n) is 5.41. The average molecular weight is 594 g/mol. The maximum absolute atomic E-state index is 12.7. The molecule has 4 aliphatic rings. The number of allylic oxidation sites excluding steroid dienone is 1. The van der Waals surface area contributed by atoms with Crippen LogP contribution in [0, 0.1) is 5.41 Å². The molecule has 3 saturated heterocycles. The number of rotatable bonds is 11. The van der Waals surface area contributed by atoms with Gasteiger partial charge in [0.25, 0.3) is 11.8 Å². The molecular formula is C27H39N5O8S. The Balaban J connectivity index is 1.06. The molecule has 0 aromatic heterocycles. The Morgan fingerprint density at radius 2 is 1.85 bits per heavy atom. The fraction of sp³-hybridized carbons (Fsp3) is 0.704. The second kappa shape index (κ2) is 14.1. The Hall–Kier alpha value is -3.29. The molecule has 14 heteroatoms. The van der Waals surface area contributed by atoms with E-state index in [2.05, 4.69) is 21.3 Å². The largest absolute Gasteiger partial charge is 0.442 e. The van der Waals surface area contributed by atoms with Gasteiger partial charge in [-0.3, -0.25) is 14.4 Å². The molecule has 226 valence electrons. The Bertz CT molecular complexity index is 1050. The van der Waals surface area contributed by atoms with E-state index in [0.717, 1.165) is 25.0 Å². The first-order chi connectivity index (χ1) is 19.6.